The van der Waals surface area contributed by atoms with Gasteiger partial charge in [-0.15, -0.1) is 0 Å². The van der Waals surface area contributed by atoms with Gasteiger partial charge in [0.05, 0.1) is 17.2 Å². The molecule has 0 amide bonds. The number of ether oxygens (including phenoxy) is 1. The number of hydrogen-bond acceptors (Lipinski definition) is 5. The number of nitrogens with two attached hydrogens (primary N) is 1. The number of nitrogens with zero attached hydrogens (tertiary/aromatic N) is 2. The van der Waals surface area contributed by atoms with Crippen LogP contribution >= 0.6 is 0 Å². The van der Waals surface area contributed by atoms with Gasteiger partial charge in [0.25, 0.3) is 5.56 Å². The van der Waals surface area contributed by atoms with Crippen molar-refractivity contribution in [1.29, 1.82) is 5.26 Å². The summed E-state index contributed by atoms with van der Waals surface area (Å²) >= 11 is 0. The van der Waals surface area contributed by atoms with Crippen molar-refractivity contribution in [3.63, 3.8) is 0 Å². The lowest BCUT2D eigenvalue weighted by molar-refractivity contribution is 0.165. The molecule has 25 heavy (non-hydrogen) atoms. The Hall–Kier alpha value is -3.20. The summed E-state index contributed by atoms with van der Waals surface area (Å²) < 4.78 is 6.04. The van der Waals surface area contributed by atoms with E-state index in [0.717, 1.165) is 11.1 Å². The third-order valence-corrected chi connectivity index (χ3v) is 4.48. The molecular weight excluding hydrogens is 318 g/mol. The van der Waals surface area contributed by atoms with E-state index in [-0.39, 0.29) is 22.8 Å². The largest absolute Gasteiger partial charge is 0.440 e. The van der Waals surface area contributed by atoms with E-state index in [0.29, 0.717) is 16.3 Å². The third-order valence-electron chi connectivity index (χ3n) is 4.48. The fourth-order valence-corrected chi connectivity index (χ4v) is 3.04. The van der Waals surface area contributed by atoms with Gasteiger partial charge in [-0.1, -0.05) is 38.1 Å². The quantitative estimate of drug-likeness (QED) is 0.821. The molecule has 1 atom stereocenters. The van der Waals surface area contributed by atoms with Gasteiger partial charge < -0.3 is 15.7 Å². The first-order valence-electron chi connectivity index (χ1n) is 7.98. The zero-order valence-corrected chi connectivity index (χ0v) is 14.3. The van der Waals surface area contributed by atoms with E-state index in [1.165, 1.54) is 6.07 Å². The van der Waals surface area contributed by atoms with E-state index in [1.54, 1.807) is 6.92 Å². The smallest absolute Gasteiger partial charge is 0.291 e. The van der Waals surface area contributed by atoms with Gasteiger partial charge in [-0.25, -0.2) is 0 Å². The van der Waals surface area contributed by atoms with Crippen molar-refractivity contribution in [2.24, 2.45) is 5.73 Å². The molecule has 1 aromatic carbocycles. The number of pyridine rings is 1. The molecule has 2 heterocycles. The van der Waals surface area contributed by atoms with Gasteiger partial charge in [0.2, 0.25) is 5.88 Å². The molecule has 1 aliphatic rings. The second kappa shape index (κ2) is 6.02. The molecule has 0 saturated carbocycles. The van der Waals surface area contributed by atoms with Gasteiger partial charge in [0.15, 0.2) is 0 Å². The number of allylic oxidation sites excluding steroid dienone is 1. The Morgan fingerprint density at radius 3 is 2.52 bits per heavy atom. The Kier molecular flexibility index (Phi) is 4.01. The molecule has 128 valence electrons. The molecule has 0 bridgehead atoms. The second-order valence-electron chi connectivity index (χ2n) is 6.43. The third kappa shape index (κ3) is 2.64. The van der Waals surface area contributed by atoms with E-state index < -0.39 is 11.5 Å². The molecule has 6 nitrogen and oxygen atoms in total. The fraction of sp³-hybridized carbons (Fsp3) is 0.263. The van der Waals surface area contributed by atoms with Crippen LogP contribution in [0.5, 0.6) is 5.75 Å². The lowest BCUT2D eigenvalue weighted by atomic mass is 9.83. The van der Waals surface area contributed by atoms with Crippen LogP contribution in [-0.4, -0.2) is 9.94 Å². The lowest BCUT2D eigenvalue weighted by Crippen LogP contribution is -2.31. The molecule has 0 fully saturated rings. The number of aromatic nitrogens is 1. The predicted octanol–water partition coefficient (Wildman–Crippen LogP) is 2.74. The van der Waals surface area contributed by atoms with Crippen LogP contribution in [-0.2, 0) is 0 Å². The first-order valence-corrected chi connectivity index (χ1v) is 7.98. The highest BCUT2D eigenvalue weighted by Crippen LogP contribution is 2.40. The zero-order valence-electron chi connectivity index (χ0n) is 14.3. The van der Waals surface area contributed by atoms with Gasteiger partial charge in [-0.05, 0) is 24.0 Å². The van der Waals surface area contributed by atoms with Crippen molar-refractivity contribution in [3.05, 3.63) is 74.5 Å². The summed E-state index contributed by atoms with van der Waals surface area (Å²) in [6.45, 7) is 5.76. The van der Waals surface area contributed by atoms with Gasteiger partial charge in [0, 0.05) is 6.07 Å². The maximum absolute atomic E-state index is 12.6. The Bertz CT molecular complexity index is 963. The Morgan fingerprint density at radius 2 is 1.96 bits per heavy atom. The molecule has 1 aromatic heterocycles. The average Bonchev–Trinajstić information content (AvgIpc) is 2.59. The first kappa shape index (κ1) is 16.7. The maximum atomic E-state index is 12.6. The van der Waals surface area contributed by atoms with Crippen molar-refractivity contribution in [2.45, 2.75) is 32.6 Å². The highest BCUT2D eigenvalue weighted by Gasteiger charge is 2.34. The number of nitriles is 1. The number of aryl methyl sites for hydroxylation is 1. The molecular formula is C19H19N3O3. The summed E-state index contributed by atoms with van der Waals surface area (Å²) in [5, 5.41) is 19.5. The van der Waals surface area contributed by atoms with Gasteiger partial charge in [0.1, 0.15) is 17.4 Å². The summed E-state index contributed by atoms with van der Waals surface area (Å²) in [5.74, 6) is -0.0736. The SMILES string of the molecule is Cc1cc2c(c(=O)n1O)[C@H](c1ccc(C(C)C)cc1)C(C#N)=C(N)O2. The van der Waals surface area contributed by atoms with Crippen LogP contribution < -0.4 is 16.0 Å². The topological polar surface area (TPSA) is 101 Å². The van der Waals surface area contributed by atoms with E-state index in [2.05, 4.69) is 13.8 Å². The summed E-state index contributed by atoms with van der Waals surface area (Å²) in [5.41, 5.74) is 7.88. The highest BCUT2D eigenvalue weighted by atomic mass is 16.5. The molecule has 0 radical (unpaired) electrons. The van der Waals surface area contributed by atoms with Crippen LogP contribution in [0.4, 0.5) is 0 Å². The molecule has 3 rings (SSSR count). The maximum Gasteiger partial charge on any atom is 0.291 e. The lowest BCUT2D eigenvalue weighted by Gasteiger charge is -2.26. The summed E-state index contributed by atoms with van der Waals surface area (Å²) in [6.07, 6.45) is 0. The van der Waals surface area contributed by atoms with E-state index >= 15 is 0 Å². The molecule has 6 heteroatoms. The molecule has 1 aliphatic heterocycles. The number of benzene rings is 1. The van der Waals surface area contributed by atoms with Crippen LogP contribution in [0.1, 0.15) is 48.1 Å². The van der Waals surface area contributed by atoms with Crippen LogP contribution in [0.3, 0.4) is 0 Å². The zero-order chi connectivity index (χ0) is 18.3. The number of hydrogen-bond donors (Lipinski definition) is 2. The summed E-state index contributed by atoms with van der Waals surface area (Å²) in [4.78, 5) is 12.6. The number of rotatable bonds is 2. The monoisotopic (exact) mass is 337 g/mol. The van der Waals surface area contributed by atoms with Crippen molar-refractivity contribution in [3.8, 4) is 11.8 Å². The molecule has 0 aliphatic carbocycles. The molecule has 0 spiro atoms. The fourth-order valence-electron chi connectivity index (χ4n) is 3.04. The molecule has 2 aromatic rings. The van der Waals surface area contributed by atoms with Crippen LogP contribution in [0.2, 0.25) is 0 Å². The second-order valence-corrected chi connectivity index (χ2v) is 6.43. The minimum atomic E-state index is -0.679. The number of fused-ring (bicyclic) bond motifs is 1. The standard InChI is InChI=1S/C19H19N3O3/c1-10(2)12-4-6-13(7-5-12)16-14(9-20)18(21)25-15-8-11(3)22(24)19(23)17(15)16/h4-8,10,16,24H,21H2,1-3H3/t16-/m1/s1. The average molecular weight is 337 g/mol. The Labute approximate surface area is 145 Å². The van der Waals surface area contributed by atoms with Crippen molar-refractivity contribution >= 4 is 0 Å². The van der Waals surface area contributed by atoms with Crippen molar-refractivity contribution in [1.82, 2.24) is 4.73 Å². The van der Waals surface area contributed by atoms with Crippen LogP contribution in [0.25, 0.3) is 0 Å². The normalized spacial score (nSPS) is 16.4. The van der Waals surface area contributed by atoms with Gasteiger partial charge >= 0.3 is 0 Å². The van der Waals surface area contributed by atoms with Crippen molar-refractivity contribution in [2.75, 3.05) is 0 Å². The molecule has 0 unspecified atom stereocenters. The van der Waals surface area contributed by atoms with E-state index in [1.807, 2.05) is 30.3 Å². The molecule has 0 saturated heterocycles. The van der Waals surface area contributed by atoms with Gasteiger partial charge in [-0.2, -0.15) is 9.99 Å². The Morgan fingerprint density at radius 1 is 1.32 bits per heavy atom. The van der Waals surface area contributed by atoms with Crippen molar-refractivity contribution < 1.29 is 9.94 Å². The first-order chi connectivity index (χ1) is 11.8. The summed E-state index contributed by atoms with van der Waals surface area (Å²) in [7, 11) is 0. The van der Waals surface area contributed by atoms with Gasteiger partial charge in [-0.3, -0.25) is 4.79 Å². The van der Waals surface area contributed by atoms with Crippen LogP contribution in [0.15, 0.2) is 46.6 Å². The van der Waals surface area contributed by atoms with E-state index in [9.17, 15) is 15.3 Å². The Balaban J connectivity index is 2.26. The highest BCUT2D eigenvalue weighted by molar-refractivity contribution is 5.55. The molecule has 3 N–H and O–H groups in total. The predicted molar refractivity (Wildman–Crippen MR) is 92.5 cm³/mol. The van der Waals surface area contributed by atoms with Crippen LogP contribution in [0, 0.1) is 18.3 Å². The minimum Gasteiger partial charge on any atom is -0.440 e. The summed E-state index contributed by atoms with van der Waals surface area (Å²) in [6, 6.07) is 11.3. The van der Waals surface area contributed by atoms with E-state index in [4.69, 9.17) is 10.5 Å². The minimum absolute atomic E-state index is 0.0255.